The summed E-state index contributed by atoms with van der Waals surface area (Å²) in [4.78, 5) is 41.5. The molecule has 8 heteroatoms. The molecular weight excluding hydrogens is 448 g/mol. The Balaban J connectivity index is 2.00. The number of carbonyl (C=O) groups is 3. The third-order valence-electron chi connectivity index (χ3n) is 4.92. The summed E-state index contributed by atoms with van der Waals surface area (Å²) in [5, 5.41) is 0.747. The summed E-state index contributed by atoms with van der Waals surface area (Å²) in [5.74, 6) is -0.843. The Kier molecular flexibility index (Phi) is 7.33. The van der Waals surface area contributed by atoms with Crippen LogP contribution in [0.2, 0.25) is 0 Å². The van der Waals surface area contributed by atoms with Gasteiger partial charge in [0.25, 0.3) is 0 Å². The molecule has 186 valence electrons. The number of methoxy groups -OCH3 is 1. The molecule has 1 aromatic carbocycles. The molecule has 0 amide bonds. The van der Waals surface area contributed by atoms with Crippen LogP contribution in [0.3, 0.4) is 0 Å². The van der Waals surface area contributed by atoms with Crippen molar-refractivity contribution in [1.29, 1.82) is 0 Å². The molecule has 3 aromatic rings. The molecular formula is C27H32N2O6. The van der Waals surface area contributed by atoms with Crippen molar-refractivity contribution in [2.75, 3.05) is 7.11 Å². The van der Waals surface area contributed by atoms with E-state index < -0.39 is 23.3 Å². The highest BCUT2D eigenvalue weighted by molar-refractivity contribution is 5.94. The largest absolute Gasteiger partial charge is 0.465 e. The summed E-state index contributed by atoms with van der Waals surface area (Å²) < 4.78 is 17.3. The van der Waals surface area contributed by atoms with Gasteiger partial charge < -0.3 is 14.2 Å². The number of benzene rings is 1. The van der Waals surface area contributed by atoms with Crippen LogP contribution in [0.5, 0.6) is 0 Å². The van der Waals surface area contributed by atoms with E-state index in [4.69, 9.17) is 14.2 Å². The van der Waals surface area contributed by atoms with Gasteiger partial charge in [0.2, 0.25) is 0 Å². The summed E-state index contributed by atoms with van der Waals surface area (Å²) in [6.45, 7) is 10.8. The van der Waals surface area contributed by atoms with Crippen LogP contribution >= 0.6 is 0 Å². The van der Waals surface area contributed by atoms with Crippen molar-refractivity contribution < 1.29 is 28.6 Å². The van der Waals surface area contributed by atoms with E-state index in [1.807, 2.05) is 39.0 Å². The lowest BCUT2D eigenvalue weighted by Crippen LogP contribution is -2.26. The molecule has 2 aromatic heterocycles. The average molecular weight is 481 g/mol. The zero-order valence-corrected chi connectivity index (χ0v) is 21.3. The number of fused-ring (bicyclic) bond motifs is 1. The number of carbonyl (C=O) groups excluding carboxylic acids is 3. The highest BCUT2D eigenvalue weighted by atomic mass is 16.6. The van der Waals surface area contributed by atoms with Crippen molar-refractivity contribution in [2.24, 2.45) is 0 Å². The Morgan fingerprint density at radius 1 is 0.914 bits per heavy atom. The van der Waals surface area contributed by atoms with E-state index in [-0.39, 0.29) is 12.4 Å². The van der Waals surface area contributed by atoms with Gasteiger partial charge in [0.05, 0.1) is 24.6 Å². The van der Waals surface area contributed by atoms with Gasteiger partial charge in [-0.25, -0.2) is 9.59 Å². The molecule has 0 aliphatic carbocycles. The summed E-state index contributed by atoms with van der Waals surface area (Å²) in [5.41, 5.74) is 2.11. The molecule has 0 N–H and O–H groups in total. The van der Waals surface area contributed by atoms with Gasteiger partial charge in [0.1, 0.15) is 11.2 Å². The molecule has 0 saturated heterocycles. The van der Waals surface area contributed by atoms with Crippen molar-refractivity contribution in [2.45, 2.75) is 65.6 Å². The van der Waals surface area contributed by atoms with Crippen LogP contribution < -0.4 is 0 Å². The number of aromatic nitrogens is 2. The molecule has 0 atom stereocenters. The molecule has 0 saturated carbocycles. The van der Waals surface area contributed by atoms with Crippen LogP contribution in [0.4, 0.5) is 4.79 Å². The Bertz CT molecular complexity index is 1260. The van der Waals surface area contributed by atoms with Crippen molar-refractivity contribution in [3.8, 4) is 0 Å². The first-order valence-electron chi connectivity index (χ1n) is 11.4. The number of hydrogen-bond donors (Lipinski definition) is 0. The lowest BCUT2D eigenvalue weighted by molar-refractivity contribution is -0.153. The highest BCUT2D eigenvalue weighted by Crippen LogP contribution is 2.27. The number of hydrogen-bond acceptors (Lipinski definition) is 7. The van der Waals surface area contributed by atoms with E-state index in [1.54, 1.807) is 39.2 Å². The van der Waals surface area contributed by atoms with Gasteiger partial charge in [-0.15, -0.1) is 0 Å². The smallest absolute Gasteiger partial charge is 0.419 e. The molecule has 0 aliphatic heterocycles. The Hall–Kier alpha value is -3.68. The number of pyridine rings is 1. The van der Waals surface area contributed by atoms with Gasteiger partial charge in [-0.1, -0.05) is 6.07 Å². The molecule has 2 heterocycles. The summed E-state index contributed by atoms with van der Waals surface area (Å²) in [6, 6.07) is 7.38. The van der Waals surface area contributed by atoms with Crippen LogP contribution in [0.25, 0.3) is 10.9 Å². The van der Waals surface area contributed by atoms with Crippen molar-refractivity contribution in [3.63, 3.8) is 0 Å². The number of ether oxygens (including phenoxy) is 3. The van der Waals surface area contributed by atoms with Gasteiger partial charge in [-0.2, -0.15) is 0 Å². The Morgan fingerprint density at radius 2 is 1.60 bits per heavy atom. The minimum atomic E-state index is -0.670. The SMILES string of the molecule is COC(=O)c1cncc(Cc2ccc3c(c2)c(CC(=O)OC(C)(C)C)cn3C(=O)OC(C)(C)C)c1. The zero-order valence-electron chi connectivity index (χ0n) is 21.3. The summed E-state index contributed by atoms with van der Waals surface area (Å²) in [6.07, 6.45) is 4.75. The number of nitrogens with zero attached hydrogens (tertiary/aromatic N) is 2. The fourth-order valence-electron chi connectivity index (χ4n) is 3.64. The Morgan fingerprint density at radius 3 is 2.23 bits per heavy atom. The molecule has 0 fully saturated rings. The van der Waals surface area contributed by atoms with Gasteiger partial charge in [0.15, 0.2) is 0 Å². The van der Waals surface area contributed by atoms with Crippen LogP contribution in [0, 0.1) is 0 Å². The lowest BCUT2D eigenvalue weighted by atomic mass is 10.0. The van der Waals surface area contributed by atoms with E-state index in [1.165, 1.54) is 17.9 Å². The first-order chi connectivity index (χ1) is 16.3. The number of rotatable bonds is 5. The highest BCUT2D eigenvalue weighted by Gasteiger charge is 2.23. The average Bonchev–Trinajstić information content (AvgIpc) is 3.08. The molecule has 0 unspecified atom stereocenters. The standard InChI is InChI=1S/C27H32N2O6/c1-26(2,3)34-23(30)13-20-16-29(25(32)35-27(4,5)6)22-9-8-17(12-21(20)22)10-18-11-19(15-28-14-18)24(31)33-7/h8-9,11-12,14-16H,10,13H2,1-7H3. The quantitative estimate of drug-likeness (QED) is 0.371. The molecule has 35 heavy (non-hydrogen) atoms. The molecule has 0 spiro atoms. The van der Waals surface area contributed by atoms with Crippen LogP contribution in [-0.2, 0) is 31.8 Å². The molecule has 3 rings (SSSR count). The fourth-order valence-corrected chi connectivity index (χ4v) is 3.64. The van der Waals surface area contributed by atoms with E-state index in [9.17, 15) is 14.4 Å². The second kappa shape index (κ2) is 9.90. The van der Waals surface area contributed by atoms with Crippen molar-refractivity contribution in [1.82, 2.24) is 9.55 Å². The predicted molar refractivity (Wildman–Crippen MR) is 132 cm³/mol. The third-order valence-corrected chi connectivity index (χ3v) is 4.92. The minimum Gasteiger partial charge on any atom is -0.465 e. The molecule has 0 radical (unpaired) electrons. The first kappa shape index (κ1) is 25.9. The maximum Gasteiger partial charge on any atom is 0.419 e. The van der Waals surface area contributed by atoms with Gasteiger partial charge in [-0.3, -0.25) is 14.3 Å². The van der Waals surface area contributed by atoms with Crippen LogP contribution in [-0.4, -0.2) is 45.9 Å². The van der Waals surface area contributed by atoms with Gasteiger partial charge in [-0.05, 0) is 82.9 Å². The monoisotopic (exact) mass is 480 g/mol. The second-order valence-corrected chi connectivity index (χ2v) is 10.4. The summed E-state index contributed by atoms with van der Waals surface area (Å²) in [7, 11) is 1.32. The van der Waals surface area contributed by atoms with Crippen molar-refractivity contribution >= 4 is 28.9 Å². The zero-order chi connectivity index (χ0) is 26.0. The lowest BCUT2D eigenvalue weighted by Gasteiger charge is -2.20. The fraction of sp³-hybridized carbons (Fsp3) is 0.407. The second-order valence-electron chi connectivity index (χ2n) is 10.4. The van der Waals surface area contributed by atoms with E-state index in [2.05, 4.69) is 4.98 Å². The predicted octanol–water partition coefficient (Wildman–Crippen LogP) is 5.08. The molecule has 8 nitrogen and oxygen atoms in total. The van der Waals surface area contributed by atoms with Crippen molar-refractivity contribution in [3.05, 3.63) is 65.1 Å². The maximum atomic E-state index is 12.9. The van der Waals surface area contributed by atoms with Gasteiger partial charge >= 0.3 is 18.0 Å². The Labute approximate surface area is 205 Å². The van der Waals surface area contributed by atoms with E-state index >= 15 is 0 Å². The van der Waals surface area contributed by atoms with Gasteiger partial charge in [0, 0.05) is 24.0 Å². The minimum absolute atomic E-state index is 0.00635. The summed E-state index contributed by atoms with van der Waals surface area (Å²) >= 11 is 0. The van der Waals surface area contributed by atoms with E-state index in [0.717, 1.165) is 16.5 Å². The normalized spacial score (nSPS) is 11.9. The third kappa shape index (κ3) is 6.91. The first-order valence-corrected chi connectivity index (χ1v) is 11.4. The van der Waals surface area contributed by atoms with E-state index in [0.29, 0.717) is 23.1 Å². The number of esters is 2. The molecule has 0 aliphatic rings. The van der Waals surface area contributed by atoms with Crippen LogP contribution in [0.1, 0.15) is 68.6 Å². The maximum absolute atomic E-state index is 12.9. The van der Waals surface area contributed by atoms with Crippen LogP contribution in [0.15, 0.2) is 42.9 Å². The molecule has 0 bridgehead atoms. The topological polar surface area (TPSA) is 96.7 Å².